The summed E-state index contributed by atoms with van der Waals surface area (Å²) in [4.78, 5) is 14.1. The van der Waals surface area contributed by atoms with Gasteiger partial charge in [-0.15, -0.1) is 10.2 Å². The number of amides is 1. The minimum atomic E-state index is 0.128. The van der Waals surface area contributed by atoms with Crippen LogP contribution in [0.2, 0.25) is 0 Å². The lowest BCUT2D eigenvalue weighted by atomic mass is 10.1. The summed E-state index contributed by atoms with van der Waals surface area (Å²) in [6.07, 6.45) is 3.38. The van der Waals surface area contributed by atoms with Crippen molar-refractivity contribution in [3.8, 4) is 23.0 Å². The van der Waals surface area contributed by atoms with Crippen LogP contribution in [-0.4, -0.2) is 53.1 Å². The molecule has 0 N–H and O–H groups in total. The summed E-state index contributed by atoms with van der Waals surface area (Å²) in [5, 5.41) is 8.49. The topological polar surface area (TPSA) is 77.7 Å². The number of benzene rings is 1. The highest BCUT2D eigenvalue weighted by Crippen LogP contribution is 2.34. The largest absolute Gasteiger partial charge is 0.486 e. The number of rotatable bonds is 4. The van der Waals surface area contributed by atoms with Gasteiger partial charge in [-0.2, -0.15) is 0 Å². The zero-order valence-electron chi connectivity index (χ0n) is 13.8. The first kappa shape index (κ1) is 16.3. The predicted octanol–water partition coefficient (Wildman–Crippen LogP) is 2.61. The average Bonchev–Trinajstić information content (AvgIpc) is 3.15. The Morgan fingerprint density at radius 2 is 1.88 bits per heavy atom. The van der Waals surface area contributed by atoms with Crippen molar-refractivity contribution in [2.45, 2.75) is 24.5 Å². The molecule has 0 unspecified atom stereocenters. The standard InChI is InChI=1S/C17H19N3O4S/c21-15(20-6-2-1-3-7-20)11-25-17-19-18-16(24-17)12-4-5-13-14(10-12)23-9-8-22-13/h4-5,10H,1-3,6-9,11H2. The molecule has 8 heteroatoms. The maximum atomic E-state index is 12.2. The smallest absolute Gasteiger partial charge is 0.277 e. The Bertz CT molecular complexity index is 758. The molecular weight excluding hydrogens is 342 g/mol. The Labute approximate surface area is 149 Å². The average molecular weight is 361 g/mol. The third-order valence-corrected chi connectivity index (χ3v) is 5.03. The number of hydrogen-bond acceptors (Lipinski definition) is 7. The van der Waals surface area contributed by atoms with Gasteiger partial charge in [0.2, 0.25) is 11.8 Å². The number of carbonyl (C=O) groups is 1. The Balaban J connectivity index is 1.39. The maximum absolute atomic E-state index is 12.2. The molecule has 1 fully saturated rings. The summed E-state index contributed by atoms with van der Waals surface area (Å²) in [6, 6.07) is 5.52. The molecule has 25 heavy (non-hydrogen) atoms. The number of nitrogens with zero attached hydrogens (tertiary/aromatic N) is 3. The van der Waals surface area contributed by atoms with Crippen molar-refractivity contribution >= 4 is 17.7 Å². The summed E-state index contributed by atoms with van der Waals surface area (Å²) < 4.78 is 16.7. The van der Waals surface area contributed by atoms with E-state index in [1.54, 1.807) is 0 Å². The van der Waals surface area contributed by atoms with Gasteiger partial charge in [-0.1, -0.05) is 11.8 Å². The Kier molecular flexibility index (Phi) is 4.78. The first-order chi connectivity index (χ1) is 12.3. The van der Waals surface area contributed by atoms with Gasteiger partial charge in [0, 0.05) is 18.7 Å². The third kappa shape index (κ3) is 3.73. The van der Waals surface area contributed by atoms with Gasteiger partial charge in [0.15, 0.2) is 11.5 Å². The number of ether oxygens (including phenoxy) is 2. The zero-order chi connectivity index (χ0) is 17.1. The fraction of sp³-hybridized carbons (Fsp3) is 0.471. The van der Waals surface area contributed by atoms with Gasteiger partial charge in [-0.05, 0) is 37.5 Å². The van der Waals surface area contributed by atoms with Crippen LogP contribution in [0.5, 0.6) is 11.5 Å². The van der Waals surface area contributed by atoms with Gasteiger partial charge in [0.05, 0.1) is 5.75 Å². The van der Waals surface area contributed by atoms with E-state index in [4.69, 9.17) is 13.9 Å². The molecule has 0 spiro atoms. The number of carbonyl (C=O) groups excluding carboxylic acids is 1. The summed E-state index contributed by atoms with van der Waals surface area (Å²) >= 11 is 1.28. The molecule has 1 saturated heterocycles. The van der Waals surface area contributed by atoms with E-state index in [-0.39, 0.29) is 5.91 Å². The molecule has 1 aromatic carbocycles. The number of thioether (sulfide) groups is 1. The van der Waals surface area contributed by atoms with E-state index in [0.29, 0.717) is 35.8 Å². The van der Waals surface area contributed by atoms with E-state index in [0.717, 1.165) is 37.2 Å². The van der Waals surface area contributed by atoms with E-state index in [2.05, 4.69) is 10.2 Å². The first-order valence-corrected chi connectivity index (χ1v) is 9.42. The molecule has 2 aromatic rings. The SMILES string of the molecule is O=C(CSc1nnc(-c2ccc3c(c2)OCCO3)o1)N1CCCCC1. The minimum Gasteiger partial charge on any atom is -0.486 e. The molecule has 2 aliphatic heterocycles. The normalized spacial score (nSPS) is 16.7. The highest BCUT2D eigenvalue weighted by Gasteiger charge is 2.19. The Hall–Kier alpha value is -2.22. The Morgan fingerprint density at radius 3 is 2.72 bits per heavy atom. The quantitative estimate of drug-likeness (QED) is 0.775. The highest BCUT2D eigenvalue weighted by molar-refractivity contribution is 7.99. The van der Waals surface area contributed by atoms with Gasteiger partial charge >= 0.3 is 0 Å². The molecule has 0 radical (unpaired) electrons. The van der Waals surface area contributed by atoms with E-state index in [1.165, 1.54) is 18.2 Å². The van der Waals surface area contributed by atoms with Gasteiger partial charge in [-0.25, -0.2) is 0 Å². The lowest BCUT2D eigenvalue weighted by molar-refractivity contribution is -0.129. The second-order valence-corrected chi connectivity index (χ2v) is 6.89. The molecule has 0 aliphatic carbocycles. The molecule has 7 nitrogen and oxygen atoms in total. The van der Waals surface area contributed by atoms with Crippen LogP contribution in [-0.2, 0) is 4.79 Å². The number of hydrogen-bond donors (Lipinski definition) is 0. The molecule has 1 amide bonds. The van der Waals surface area contributed by atoms with Crippen molar-refractivity contribution in [3.05, 3.63) is 18.2 Å². The van der Waals surface area contributed by atoms with Crippen LogP contribution in [0.15, 0.2) is 27.8 Å². The number of likely N-dealkylation sites (tertiary alicyclic amines) is 1. The van der Waals surface area contributed by atoms with Crippen LogP contribution < -0.4 is 9.47 Å². The van der Waals surface area contributed by atoms with Crippen molar-refractivity contribution in [3.63, 3.8) is 0 Å². The zero-order valence-corrected chi connectivity index (χ0v) is 14.6. The first-order valence-electron chi connectivity index (χ1n) is 8.44. The summed E-state index contributed by atoms with van der Waals surface area (Å²) in [7, 11) is 0. The summed E-state index contributed by atoms with van der Waals surface area (Å²) in [6.45, 7) is 2.79. The van der Waals surface area contributed by atoms with Crippen molar-refractivity contribution in [1.29, 1.82) is 0 Å². The molecule has 1 aromatic heterocycles. The summed E-state index contributed by atoms with van der Waals surface area (Å²) in [5.74, 6) is 2.25. The van der Waals surface area contributed by atoms with Crippen LogP contribution in [0, 0.1) is 0 Å². The third-order valence-electron chi connectivity index (χ3n) is 4.22. The maximum Gasteiger partial charge on any atom is 0.277 e. The molecule has 0 saturated carbocycles. The summed E-state index contributed by atoms with van der Waals surface area (Å²) in [5.41, 5.74) is 0.769. The number of piperidine rings is 1. The molecule has 3 heterocycles. The minimum absolute atomic E-state index is 0.128. The van der Waals surface area contributed by atoms with Crippen LogP contribution in [0.4, 0.5) is 0 Å². The van der Waals surface area contributed by atoms with E-state index >= 15 is 0 Å². The van der Waals surface area contributed by atoms with Gasteiger partial charge in [-0.3, -0.25) is 4.79 Å². The highest BCUT2D eigenvalue weighted by atomic mass is 32.2. The van der Waals surface area contributed by atoms with Crippen LogP contribution in [0.3, 0.4) is 0 Å². The van der Waals surface area contributed by atoms with E-state index in [9.17, 15) is 4.79 Å². The van der Waals surface area contributed by atoms with Crippen molar-refractivity contribution in [1.82, 2.24) is 15.1 Å². The monoisotopic (exact) mass is 361 g/mol. The van der Waals surface area contributed by atoms with Crippen LogP contribution in [0.1, 0.15) is 19.3 Å². The predicted molar refractivity (Wildman–Crippen MR) is 91.9 cm³/mol. The molecule has 0 bridgehead atoms. The van der Waals surface area contributed by atoms with Gasteiger partial charge in [0.1, 0.15) is 13.2 Å². The van der Waals surface area contributed by atoms with Gasteiger partial charge < -0.3 is 18.8 Å². The second-order valence-electron chi connectivity index (χ2n) is 5.96. The molecule has 0 atom stereocenters. The molecular formula is C17H19N3O4S. The van der Waals surface area contributed by atoms with E-state index < -0.39 is 0 Å². The van der Waals surface area contributed by atoms with Crippen molar-refractivity contribution in [2.24, 2.45) is 0 Å². The van der Waals surface area contributed by atoms with E-state index in [1.807, 2.05) is 23.1 Å². The van der Waals surface area contributed by atoms with Crippen LogP contribution >= 0.6 is 11.8 Å². The molecule has 132 valence electrons. The second kappa shape index (κ2) is 7.35. The molecule has 2 aliphatic rings. The molecule has 4 rings (SSSR count). The fourth-order valence-electron chi connectivity index (χ4n) is 2.92. The van der Waals surface area contributed by atoms with Gasteiger partial charge in [0.25, 0.3) is 5.22 Å². The number of fused-ring (bicyclic) bond motifs is 1. The lowest BCUT2D eigenvalue weighted by Gasteiger charge is -2.26. The fourth-order valence-corrected chi connectivity index (χ4v) is 3.59. The lowest BCUT2D eigenvalue weighted by Crippen LogP contribution is -2.36. The Morgan fingerprint density at radius 1 is 1.08 bits per heavy atom. The van der Waals surface area contributed by atoms with Crippen molar-refractivity contribution < 1.29 is 18.7 Å². The number of aromatic nitrogens is 2. The van der Waals surface area contributed by atoms with Crippen molar-refractivity contribution in [2.75, 3.05) is 32.1 Å². The van der Waals surface area contributed by atoms with Crippen LogP contribution in [0.25, 0.3) is 11.5 Å².